The first-order valence-corrected chi connectivity index (χ1v) is 8.00. The average molecular weight is 265 g/mol. The highest BCUT2D eigenvalue weighted by Crippen LogP contribution is 2.31. The summed E-state index contributed by atoms with van der Waals surface area (Å²) in [5.74, 6) is 0. The number of unbranched alkanes of at least 4 members (excludes halogenated alkanes) is 4. The predicted octanol–water partition coefficient (Wildman–Crippen LogP) is 5.82. The Kier molecular flexibility index (Phi) is 5.56. The van der Waals surface area contributed by atoms with Crippen LogP contribution in [0.4, 0.5) is 0 Å². The minimum atomic E-state index is 0.220. The van der Waals surface area contributed by atoms with Crippen molar-refractivity contribution in [2.45, 2.75) is 70.1 Å². The molecule has 1 unspecified atom stereocenters. The third-order valence-electron chi connectivity index (χ3n) is 4.05. The molecule has 0 heterocycles. The fourth-order valence-corrected chi connectivity index (χ4v) is 3.17. The van der Waals surface area contributed by atoms with Gasteiger partial charge >= 0.3 is 0 Å². The van der Waals surface area contributed by atoms with Gasteiger partial charge in [0.1, 0.15) is 0 Å². The van der Waals surface area contributed by atoms with Crippen LogP contribution in [0.25, 0.3) is 0 Å². The van der Waals surface area contributed by atoms with Crippen molar-refractivity contribution in [3.8, 4) is 0 Å². The number of fused-ring (bicyclic) bond motifs is 1. The smallest absolute Gasteiger partial charge is 0.0585 e. The highest BCUT2D eigenvalue weighted by atomic mass is 35.5. The van der Waals surface area contributed by atoms with Gasteiger partial charge in [-0.2, -0.15) is 0 Å². The first-order valence-electron chi connectivity index (χ1n) is 7.57. The van der Waals surface area contributed by atoms with Gasteiger partial charge in [-0.15, -0.1) is 11.6 Å². The minimum absolute atomic E-state index is 0.220. The molecule has 100 valence electrons. The number of alkyl halides is 1. The molecule has 1 heteroatoms. The van der Waals surface area contributed by atoms with Gasteiger partial charge in [-0.05, 0) is 42.4 Å². The maximum atomic E-state index is 6.52. The topological polar surface area (TPSA) is 0 Å². The quantitative estimate of drug-likeness (QED) is 0.430. The van der Waals surface area contributed by atoms with Gasteiger partial charge in [0.2, 0.25) is 0 Å². The fourth-order valence-electron chi connectivity index (χ4n) is 2.88. The van der Waals surface area contributed by atoms with Gasteiger partial charge in [-0.25, -0.2) is 0 Å². The molecule has 1 aliphatic rings. The van der Waals surface area contributed by atoms with Crippen molar-refractivity contribution in [1.82, 2.24) is 0 Å². The summed E-state index contributed by atoms with van der Waals surface area (Å²) in [5, 5.41) is 0.220. The van der Waals surface area contributed by atoms with Crippen LogP contribution < -0.4 is 0 Å². The van der Waals surface area contributed by atoms with Crippen LogP contribution in [-0.2, 0) is 12.8 Å². The minimum Gasteiger partial charge on any atom is -0.118 e. The second-order valence-electron chi connectivity index (χ2n) is 5.55. The summed E-state index contributed by atoms with van der Waals surface area (Å²) in [7, 11) is 0. The zero-order valence-corrected chi connectivity index (χ0v) is 12.3. The zero-order valence-electron chi connectivity index (χ0n) is 11.6. The molecule has 1 aromatic carbocycles. The Morgan fingerprint density at radius 2 is 1.83 bits per heavy atom. The van der Waals surface area contributed by atoms with Crippen LogP contribution in [0.5, 0.6) is 0 Å². The number of rotatable bonds is 7. The Hall–Kier alpha value is -0.490. The molecule has 0 saturated carbocycles. The van der Waals surface area contributed by atoms with E-state index in [-0.39, 0.29) is 5.38 Å². The van der Waals surface area contributed by atoms with E-state index >= 15 is 0 Å². The summed E-state index contributed by atoms with van der Waals surface area (Å²) in [6.07, 6.45) is 11.6. The largest absolute Gasteiger partial charge is 0.118 e. The van der Waals surface area contributed by atoms with Gasteiger partial charge in [0.05, 0.1) is 5.38 Å². The van der Waals surface area contributed by atoms with Crippen molar-refractivity contribution in [2.75, 3.05) is 0 Å². The van der Waals surface area contributed by atoms with Crippen molar-refractivity contribution in [3.05, 3.63) is 34.9 Å². The third kappa shape index (κ3) is 3.75. The first-order chi connectivity index (χ1) is 8.81. The lowest BCUT2D eigenvalue weighted by atomic mass is 10.0. The van der Waals surface area contributed by atoms with E-state index in [4.69, 9.17) is 11.6 Å². The van der Waals surface area contributed by atoms with Gasteiger partial charge in [-0.1, -0.05) is 57.2 Å². The van der Waals surface area contributed by atoms with E-state index in [9.17, 15) is 0 Å². The molecule has 0 radical (unpaired) electrons. The second-order valence-corrected chi connectivity index (χ2v) is 6.08. The second kappa shape index (κ2) is 7.19. The Balaban J connectivity index is 1.80. The van der Waals surface area contributed by atoms with Gasteiger partial charge < -0.3 is 0 Å². The number of hydrogen-bond acceptors (Lipinski definition) is 0. The molecule has 1 aromatic rings. The lowest BCUT2D eigenvalue weighted by molar-refractivity contribution is 0.601. The molecule has 0 bridgehead atoms. The van der Waals surface area contributed by atoms with E-state index < -0.39 is 0 Å². The number of hydrogen-bond donors (Lipinski definition) is 0. The van der Waals surface area contributed by atoms with E-state index in [1.807, 2.05) is 0 Å². The Bertz CT molecular complexity index is 370. The zero-order chi connectivity index (χ0) is 12.8. The van der Waals surface area contributed by atoms with Crippen LogP contribution >= 0.6 is 11.6 Å². The molecule has 0 nitrogen and oxygen atoms in total. The Labute approximate surface area is 117 Å². The summed E-state index contributed by atoms with van der Waals surface area (Å²) >= 11 is 6.52. The molecule has 1 aliphatic carbocycles. The molecule has 0 amide bonds. The van der Waals surface area contributed by atoms with Gasteiger partial charge in [-0.3, -0.25) is 0 Å². The number of benzene rings is 1. The number of aryl methyl sites for hydroxylation is 2. The van der Waals surface area contributed by atoms with Crippen molar-refractivity contribution >= 4 is 11.6 Å². The van der Waals surface area contributed by atoms with Crippen LogP contribution in [0.15, 0.2) is 18.2 Å². The molecule has 18 heavy (non-hydrogen) atoms. The SMILES string of the molecule is CCCCCCCC(Cl)c1ccc2c(c1)CCC2. The standard InChI is InChI=1S/C17H25Cl/c1-2-3-4-5-6-10-17(18)16-12-11-14-8-7-9-15(14)13-16/h11-13,17H,2-10H2,1H3. The van der Waals surface area contributed by atoms with Crippen molar-refractivity contribution in [2.24, 2.45) is 0 Å². The number of halogens is 1. The van der Waals surface area contributed by atoms with Crippen LogP contribution in [0.1, 0.15) is 73.9 Å². The summed E-state index contributed by atoms with van der Waals surface area (Å²) < 4.78 is 0. The molecule has 0 saturated heterocycles. The van der Waals surface area contributed by atoms with Crippen molar-refractivity contribution in [3.63, 3.8) is 0 Å². The monoisotopic (exact) mass is 264 g/mol. The molecular weight excluding hydrogens is 240 g/mol. The van der Waals surface area contributed by atoms with Crippen LogP contribution in [0.2, 0.25) is 0 Å². The molecule has 0 aromatic heterocycles. The molecule has 0 aliphatic heterocycles. The van der Waals surface area contributed by atoms with Crippen LogP contribution in [0.3, 0.4) is 0 Å². The van der Waals surface area contributed by atoms with Gasteiger partial charge in [0.25, 0.3) is 0 Å². The molecule has 2 rings (SSSR count). The van der Waals surface area contributed by atoms with Gasteiger partial charge in [0.15, 0.2) is 0 Å². The van der Waals surface area contributed by atoms with Crippen LogP contribution in [-0.4, -0.2) is 0 Å². The molecular formula is C17H25Cl. The highest BCUT2D eigenvalue weighted by Gasteiger charge is 2.14. The van der Waals surface area contributed by atoms with E-state index in [2.05, 4.69) is 25.1 Å². The van der Waals surface area contributed by atoms with E-state index in [1.165, 1.54) is 56.9 Å². The summed E-state index contributed by atoms with van der Waals surface area (Å²) in [6, 6.07) is 6.89. The molecule has 0 N–H and O–H groups in total. The lowest BCUT2D eigenvalue weighted by Crippen LogP contribution is -1.93. The van der Waals surface area contributed by atoms with E-state index in [1.54, 1.807) is 11.1 Å². The summed E-state index contributed by atoms with van der Waals surface area (Å²) in [4.78, 5) is 0. The Morgan fingerprint density at radius 3 is 2.67 bits per heavy atom. The van der Waals surface area contributed by atoms with Gasteiger partial charge in [0, 0.05) is 0 Å². The summed E-state index contributed by atoms with van der Waals surface area (Å²) in [6.45, 7) is 2.26. The maximum absolute atomic E-state index is 6.52. The van der Waals surface area contributed by atoms with Crippen molar-refractivity contribution < 1.29 is 0 Å². The van der Waals surface area contributed by atoms with Crippen LogP contribution in [0, 0.1) is 0 Å². The summed E-state index contributed by atoms with van der Waals surface area (Å²) in [5.41, 5.74) is 4.43. The lowest BCUT2D eigenvalue weighted by Gasteiger charge is -2.11. The van der Waals surface area contributed by atoms with E-state index in [0.717, 1.165) is 6.42 Å². The average Bonchev–Trinajstić information content (AvgIpc) is 2.85. The van der Waals surface area contributed by atoms with Crippen molar-refractivity contribution in [1.29, 1.82) is 0 Å². The highest BCUT2D eigenvalue weighted by molar-refractivity contribution is 6.20. The molecule has 0 fully saturated rings. The fraction of sp³-hybridized carbons (Fsp3) is 0.647. The third-order valence-corrected chi connectivity index (χ3v) is 4.52. The van der Waals surface area contributed by atoms with E-state index in [0.29, 0.717) is 0 Å². The molecule has 0 spiro atoms. The predicted molar refractivity (Wildman–Crippen MR) is 80.4 cm³/mol. The Morgan fingerprint density at radius 1 is 1.06 bits per heavy atom. The first kappa shape index (κ1) is 13.9. The normalized spacial score (nSPS) is 15.7. The molecule has 1 atom stereocenters. The maximum Gasteiger partial charge on any atom is 0.0585 e.